The molecule has 10 heteroatoms. The number of halogens is 1. The highest BCUT2D eigenvalue weighted by atomic mass is 35.5. The quantitative estimate of drug-likeness (QED) is 0.496. The summed E-state index contributed by atoms with van der Waals surface area (Å²) in [6, 6.07) is 8.65. The van der Waals surface area contributed by atoms with E-state index in [1.165, 1.54) is 0 Å². The molecule has 26 heavy (non-hydrogen) atoms. The highest BCUT2D eigenvalue weighted by molar-refractivity contribution is 6.31. The zero-order chi connectivity index (χ0) is 18.8. The number of rotatable bonds is 5. The summed E-state index contributed by atoms with van der Waals surface area (Å²) in [5.74, 6) is -2.10. The van der Waals surface area contributed by atoms with E-state index in [-0.39, 0.29) is 18.0 Å². The smallest absolute Gasteiger partial charge is 0.395 e. The van der Waals surface area contributed by atoms with E-state index in [9.17, 15) is 20.2 Å². The zero-order valence-electron chi connectivity index (χ0n) is 13.5. The van der Waals surface area contributed by atoms with Crippen LogP contribution in [0.4, 0.5) is 5.82 Å². The van der Waals surface area contributed by atoms with E-state index in [1.54, 1.807) is 31.2 Å². The first-order valence-electron chi connectivity index (χ1n) is 7.67. The van der Waals surface area contributed by atoms with Crippen molar-refractivity contribution in [3.05, 3.63) is 61.2 Å². The van der Waals surface area contributed by atoms with Gasteiger partial charge in [-0.2, -0.15) is 5.26 Å². The number of fused-ring (bicyclic) bond motifs is 1. The van der Waals surface area contributed by atoms with Gasteiger partial charge in [0, 0.05) is 0 Å². The molecule has 0 aliphatic rings. The standard InChI is InChI=1S/C16H12ClN5O4/c1-2-7-21-16(23)13(17)12(14(20-21)22(24)25)9(8-18)15-19-10-5-3-4-6-11(10)26-15/h3-6,9H,2,7H2,1H3/t9-/m0/s1. The SMILES string of the molecule is CCCn1nc([N+](=O)[O-])c([C@H](C#N)c2nc3ccccc3o2)c(Cl)c1=O. The van der Waals surface area contributed by atoms with Crippen LogP contribution in [0.5, 0.6) is 0 Å². The molecule has 3 aromatic rings. The van der Waals surface area contributed by atoms with Crippen molar-refractivity contribution in [2.45, 2.75) is 25.8 Å². The maximum atomic E-state index is 12.4. The largest absolute Gasteiger partial charge is 0.439 e. The van der Waals surface area contributed by atoms with Gasteiger partial charge in [0.1, 0.15) is 16.1 Å². The maximum absolute atomic E-state index is 12.4. The third-order valence-corrected chi connectivity index (χ3v) is 4.06. The Morgan fingerprint density at radius 3 is 2.81 bits per heavy atom. The van der Waals surface area contributed by atoms with Gasteiger partial charge in [0.15, 0.2) is 11.5 Å². The Morgan fingerprint density at radius 1 is 1.46 bits per heavy atom. The van der Waals surface area contributed by atoms with Gasteiger partial charge in [-0.1, -0.05) is 30.7 Å². The summed E-state index contributed by atoms with van der Waals surface area (Å²) >= 11 is 6.11. The number of para-hydroxylation sites is 2. The zero-order valence-corrected chi connectivity index (χ0v) is 14.3. The third-order valence-electron chi connectivity index (χ3n) is 3.70. The molecule has 0 amide bonds. The van der Waals surface area contributed by atoms with Crippen LogP contribution in [-0.2, 0) is 6.54 Å². The van der Waals surface area contributed by atoms with Crippen molar-refractivity contribution in [1.29, 1.82) is 5.26 Å². The van der Waals surface area contributed by atoms with Gasteiger partial charge in [-0.3, -0.25) is 4.79 Å². The number of nitro groups is 1. The van der Waals surface area contributed by atoms with Crippen LogP contribution < -0.4 is 5.56 Å². The summed E-state index contributed by atoms with van der Waals surface area (Å²) < 4.78 is 6.45. The van der Waals surface area contributed by atoms with Crippen molar-refractivity contribution in [3.8, 4) is 6.07 Å². The van der Waals surface area contributed by atoms with Crippen LogP contribution in [0.1, 0.15) is 30.7 Å². The molecular formula is C16H12ClN5O4. The fourth-order valence-electron chi connectivity index (χ4n) is 2.55. The molecule has 2 heterocycles. The molecule has 132 valence electrons. The average Bonchev–Trinajstić information content (AvgIpc) is 3.05. The minimum atomic E-state index is -1.34. The molecule has 0 spiro atoms. The lowest BCUT2D eigenvalue weighted by Gasteiger charge is -2.09. The first kappa shape index (κ1) is 17.6. The maximum Gasteiger partial charge on any atom is 0.395 e. The van der Waals surface area contributed by atoms with Gasteiger partial charge in [-0.05, 0) is 23.5 Å². The molecule has 0 radical (unpaired) electrons. The number of aryl methyl sites for hydroxylation is 1. The Kier molecular flexibility index (Phi) is 4.69. The van der Waals surface area contributed by atoms with Gasteiger partial charge in [0.25, 0.3) is 0 Å². The second kappa shape index (κ2) is 6.93. The molecule has 0 fully saturated rings. The number of hydrogen-bond donors (Lipinski definition) is 0. The molecule has 0 saturated heterocycles. The van der Waals surface area contributed by atoms with Crippen LogP contribution in [-0.4, -0.2) is 19.7 Å². The second-order valence-corrected chi connectivity index (χ2v) is 5.80. The number of nitriles is 1. The van der Waals surface area contributed by atoms with Crippen LogP contribution in [0.15, 0.2) is 33.5 Å². The molecule has 0 saturated carbocycles. The molecule has 0 aliphatic carbocycles. The highest BCUT2D eigenvalue weighted by Crippen LogP contribution is 2.34. The van der Waals surface area contributed by atoms with E-state index >= 15 is 0 Å². The Labute approximate surface area is 151 Å². The van der Waals surface area contributed by atoms with Gasteiger partial charge < -0.3 is 14.5 Å². The summed E-state index contributed by atoms with van der Waals surface area (Å²) in [7, 11) is 0. The molecule has 1 atom stereocenters. The molecule has 0 N–H and O–H groups in total. The summed E-state index contributed by atoms with van der Waals surface area (Å²) in [4.78, 5) is 27.2. The Bertz CT molecular complexity index is 1070. The molecular weight excluding hydrogens is 362 g/mol. The molecule has 2 aromatic heterocycles. The topological polar surface area (TPSA) is 128 Å². The van der Waals surface area contributed by atoms with Crippen molar-refractivity contribution in [2.24, 2.45) is 0 Å². The lowest BCUT2D eigenvalue weighted by atomic mass is 10.0. The molecule has 3 rings (SSSR count). The van der Waals surface area contributed by atoms with Gasteiger partial charge in [0.2, 0.25) is 5.89 Å². The van der Waals surface area contributed by atoms with E-state index in [2.05, 4.69) is 10.1 Å². The molecule has 0 aliphatic heterocycles. The third kappa shape index (κ3) is 2.91. The minimum Gasteiger partial charge on any atom is -0.439 e. The summed E-state index contributed by atoms with van der Waals surface area (Å²) in [5.41, 5.74) is -0.129. The van der Waals surface area contributed by atoms with Crippen LogP contribution >= 0.6 is 11.6 Å². The first-order valence-corrected chi connectivity index (χ1v) is 8.05. The lowest BCUT2D eigenvalue weighted by Crippen LogP contribution is -2.27. The first-order chi connectivity index (χ1) is 12.5. The Balaban J connectivity index is 2.25. The van der Waals surface area contributed by atoms with Crippen molar-refractivity contribution in [1.82, 2.24) is 14.8 Å². The molecule has 0 bridgehead atoms. The number of benzene rings is 1. The number of oxazole rings is 1. The number of aromatic nitrogens is 3. The minimum absolute atomic E-state index is 0.0897. The van der Waals surface area contributed by atoms with E-state index in [4.69, 9.17) is 16.0 Å². The van der Waals surface area contributed by atoms with Crippen molar-refractivity contribution in [2.75, 3.05) is 0 Å². The van der Waals surface area contributed by atoms with Gasteiger partial charge >= 0.3 is 11.4 Å². The van der Waals surface area contributed by atoms with Gasteiger partial charge in [-0.25, -0.2) is 4.98 Å². The predicted octanol–water partition coefficient (Wildman–Crippen LogP) is 3.01. The van der Waals surface area contributed by atoms with Crippen molar-refractivity contribution < 1.29 is 9.34 Å². The van der Waals surface area contributed by atoms with Gasteiger partial charge in [0.05, 0.1) is 17.7 Å². The Hall–Kier alpha value is -3.25. The van der Waals surface area contributed by atoms with E-state index in [0.29, 0.717) is 17.5 Å². The van der Waals surface area contributed by atoms with Crippen molar-refractivity contribution >= 4 is 28.5 Å². The average molecular weight is 374 g/mol. The second-order valence-electron chi connectivity index (χ2n) is 5.42. The fourth-order valence-corrected chi connectivity index (χ4v) is 2.84. The molecule has 1 aromatic carbocycles. The van der Waals surface area contributed by atoms with Gasteiger partial charge in [-0.15, -0.1) is 4.68 Å². The van der Waals surface area contributed by atoms with Crippen LogP contribution in [0, 0.1) is 21.4 Å². The normalized spacial score (nSPS) is 12.0. The molecule has 9 nitrogen and oxygen atoms in total. The van der Waals surface area contributed by atoms with Crippen LogP contribution in [0.3, 0.4) is 0 Å². The van der Waals surface area contributed by atoms with E-state index in [1.807, 2.05) is 6.07 Å². The molecule has 0 unspecified atom stereocenters. The van der Waals surface area contributed by atoms with Crippen LogP contribution in [0.25, 0.3) is 11.1 Å². The highest BCUT2D eigenvalue weighted by Gasteiger charge is 2.35. The van der Waals surface area contributed by atoms with E-state index in [0.717, 1.165) is 4.68 Å². The fraction of sp³-hybridized carbons (Fsp3) is 0.250. The number of hydrogen-bond acceptors (Lipinski definition) is 7. The Morgan fingerprint density at radius 2 is 2.19 bits per heavy atom. The number of nitrogens with zero attached hydrogens (tertiary/aromatic N) is 5. The predicted molar refractivity (Wildman–Crippen MR) is 91.9 cm³/mol. The summed E-state index contributed by atoms with van der Waals surface area (Å²) in [5, 5.41) is 24.4. The summed E-state index contributed by atoms with van der Waals surface area (Å²) in [6.07, 6.45) is 0.534. The lowest BCUT2D eigenvalue weighted by molar-refractivity contribution is -0.391. The van der Waals surface area contributed by atoms with Crippen LogP contribution in [0.2, 0.25) is 5.02 Å². The van der Waals surface area contributed by atoms with Crippen molar-refractivity contribution in [3.63, 3.8) is 0 Å². The van der Waals surface area contributed by atoms with E-state index < -0.39 is 27.2 Å². The monoisotopic (exact) mass is 373 g/mol. The summed E-state index contributed by atoms with van der Waals surface area (Å²) in [6.45, 7) is 1.96.